The van der Waals surface area contributed by atoms with Gasteiger partial charge in [-0.25, -0.2) is 0 Å². The lowest BCUT2D eigenvalue weighted by atomic mass is 9.87. The van der Waals surface area contributed by atoms with Crippen molar-refractivity contribution in [2.45, 2.75) is 38.6 Å². The van der Waals surface area contributed by atoms with Gasteiger partial charge in [0.2, 0.25) is 0 Å². The molecule has 94 valence electrons. The van der Waals surface area contributed by atoms with Crippen molar-refractivity contribution >= 4 is 6.21 Å². The van der Waals surface area contributed by atoms with Crippen LogP contribution in [0.15, 0.2) is 30.3 Å². The number of nitrogens with one attached hydrogen (secondary N) is 2. The van der Waals surface area contributed by atoms with Crippen LogP contribution in [-0.4, -0.2) is 19.3 Å². The average Bonchev–Trinajstić information content (AvgIpc) is 2.40. The zero-order valence-electron chi connectivity index (χ0n) is 10.9. The first-order chi connectivity index (χ1) is 8.26. The minimum atomic E-state index is 0.574. The van der Waals surface area contributed by atoms with E-state index in [4.69, 9.17) is 5.41 Å². The molecule has 17 heavy (non-hydrogen) atoms. The Labute approximate surface area is 105 Å². The fourth-order valence-electron chi connectivity index (χ4n) is 2.11. The third-order valence-corrected chi connectivity index (χ3v) is 3.36. The van der Waals surface area contributed by atoms with Gasteiger partial charge in [-0.05, 0) is 51.8 Å². The van der Waals surface area contributed by atoms with Crippen molar-refractivity contribution in [3.05, 3.63) is 35.9 Å². The zero-order valence-corrected chi connectivity index (χ0v) is 10.9. The highest BCUT2D eigenvalue weighted by Crippen LogP contribution is 2.21. The van der Waals surface area contributed by atoms with Gasteiger partial charge >= 0.3 is 0 Å². The number of hydrogen-bond acceptors (Lipinski definition) is 2. The molecule has 0 aliphatic heterocycles. The molecule has 2 nitrogen and oxygen atoms in total. The van der Waals surface area contributed by atoms with E-state index in [2.05, 4.69) is 24.4 Å². The maximum atomic E-state index is 7.07. The minimum Gasteiger partial charge on any atom is -0.317 e. The van der Waals surface area contributed by atoms with Gasteiger partial charge in [0.15, 0.2) is 0 Å². The van der Waals surface area contributed by atoms with E-state index in [9.17, 15) is 0 Å². The topological polar surface area (TPSA) is 35.9 Å². The summed E-state index contributed by atoms with van der Waals surface area (Å²) >= 11 is 0. The first kappa shape index (κ1) is 13.9. The summed E-state index contributed by atoms with van der Waals surface area (Å²) in [6, 6.07) is 11.0. The molecular formula is C15H24N2. The molecule has 1 aromatic carbocycles. The summed E-state index contributed by atoms with van der Waals surface area (Å²) < 4.78 is 0. The Hall–Kier alpha value is -1.15. The predicted molar refractivity (Wildman–Crippen MR) is 74.8 cm³/mol. The lowest BCUT2D eigenvalue weighted by Crippen LogP contribution is -2.30. The maximum absolute atomic E-state index is 7.07. The van der Waals surface area contributed by atoms with Crippen LogP contribution in [0.4, 0.5) is 0 Å². The summed E-state index contributed by atoms with van der Waals surface area (Å²) in [6.07, 6.45) is 6.50. The van der Waals surface area contributed by atoms with Gasteiger partial charge in [-0.1, -0.05) is 35.9 Å². The molecule has 0 amide bonds. The number of hydrogen-bond donors (Lipinski definition) is 2. The Morgan fingerprint density at radius 3 is 2.06 bits per heavy atom. The summed E-state index contributed by atoms with van der Waals surface area (Å²) in [5.41, 5.74) is 1.32. The molecule has 1 fully saturated rings. The van der Waals surface area contributed by atoms with Gasteiger partial charge in [-0.15, -0.1) is 0 Å². The summed E-state index contributed by atoms with van der Waals surface area (Å²) in [4.78, 5) is 0. The summed E-state index contributed by atoms with van der Waals surface area (Å²) in [6.45, 7) is 2.08. The first-order valence-electron chi connectivity index (χ1n) is 6.45. The molecule has 1 aliphatic carbocycles. The van der Waals surface area contributed by atoms with E-state index in [1.165, 1.54) is 31.2 Å². The van der Waals surface area contributed by atoms with E-state index in [0.29, 0.717) is 5.92 Å². The fraction of sp³-hybridized carbons (Fsp3) is 0.533. The van der Waals surface area contributed by atoms with Crippen LogP contribution in [0.3, 0.4) is 0 Å². The Morgan fingerprint density at radius 2 is 1.71 bits per heavy atom. The molecule has 0 heterocycles. The number of benzene rings is 1. The highest BCUT2D eigenvalue weighted by Gasteiger charge is 2.17. The molecule has 0 atom stereocenters. The van der Waals surface area contributed by atoms with Crippen LogP contribution in [0, 0.1) is 18.3 Å². The van der Waals surface area contributed by atoms with Crippen molar-refractivity contribution in [3.8, 4) is 0 Å². The second-order valence-corrected chi connectivity index (χ2v) is 4.72. The van der Waals surface area contributed by atoms with Gasteiger partial charge in [-0.2, -0.15) is 0 Å². The highest BCUT2D eigenvalue weighted by molar-refractivity contribution is 5.56. The molecule has 2 rings (SSSR count). The van der Waals surface area contributed by atoms with E-state index in [-0.39, 0.29) is 0 Å². The highest BCUT2D eigenvalue weighted by atomic mass is 14.9. The van der Waals surface area contributed by atoms with Gasteiger partial charge in [-0.3, -0.25) is 0 Å². The maximum Gasteiger partial charge on any atom is 0.00645 e. The fourth-order valence-corrected chi connectivity index (χ4v) is 2.11. The van der Waals surface area contributed by atoms with Crippen molar-refractivity contribution in [2.75, 3.05) is 7.05 Å². The Bertz CT molecular complexity index is 300. The zero-order chi connectivity index (χ0) is 12.5. The van der Waals surface area contributed by atoms with Crippen LogP contribution < -0.4 is 5.32 Å². The van der Waals surface area contributed by atoms with Crippen molar-refractivity contribution < 1.29 is 0 Å². The van der Waals surface area contributed by atoms with E-state index in [0.717, 1.165) is 6.04 Å². The molecule has 0 bridgehead atoms. The van der Waals surface area contributed by atoms with Gasteiger partial charge in [0, 0.05) is 6.04 Å². The Balaban J connectivity index is 0.000000181. The van der Waals surface area contributed by atoms with Crippen LogP contribution in [0.25, 0.3) is 0 Å². The Morgan fingerprint density at radius 1 is 1.12 bits per heavy atom. The van der Waals surface area contributed by atoms with E-state index >= 15 is 0 Å². The Kier molecular flexibility index (Phi) is 6.56. The van der Waals surface area contributed by atoms with Gasteiger partial charge in [0.1, 0.15) is 0 Å². The quantitative estimate of drug-likeness (QED) is 0.753. The van der Waals surface area contributed by atoms with Crippen LogP contribution in [0.5, 0.6) is 0 Å². The molecule has 1 aromatic rings. The SMILES string of the molecule is CNC1CCC(C=N)CC1.Cc1ccccc1. The largest absolute Gasteiger partial charge is 0.317 e. The number of rotatable bonds is 2. The molecule has 0 spiro atoms. The molecule has 0 aromatic heterocycles. The smallest absolute Gasteiger partial charge is 0.00645 e. The summed E-state index contributed by atoms with van der Waals surface area (Å²) in [7, 11) is 2.02. The van der Waals surface area contributed by atoms with E-state index in [1.54, 1.807) is 6.21 Å². The van der Waals surface area contributed by atoms with Crippen molar-refractivity contribution in [1.29, 1.82) is 5.41 Å². The third-order valence-electron chi connectivity index (χ3n) is 3.36. The average molecular weight is 232 g/mol. The number of aryl methyl sites for hydroxylation is 1. The van der Waals surface area contributed by atoms with Gasteiger partial charge < -0.3 is 10.7 Å². The molecule has 0 radical (unpaired) electrons. The monoisotopic (exact) mass is 232 g/mol. The third kappa shape index (κ3) is 5.64. The van der Waals surface area contributed by atoms with Crippen molar-refractivity contribution in [1.82, 2.24) is 5.32 Å². The van der Waals surface area contributed by atoms with E-state index in [1.807, 2.05) is 25.2 Å². The molecule has 1 saturated carbocycles. The standard InChI is InChI=1S/C8H16N2.C7H8/c1-10-8-4-2-7(6-9)3-5-8;1-7-5-3-2-4-6-7/h6-10H,2-5H2,1H3;2-6H,1H3. The summed E-state index contributed by atoms with van der Waals surface area (Å²) in [5.74, 6) is 0.574. The van der Waals surface area contributed by atoms with E-state index < -0.39 is 0 Å². The van der Waals surface area contributed by atoms with Crippen LogP contribution in [-0.2, 0) is 0 Å². The van der Waals surface area contributed by atoms with Crippen LogP contribution in [0.1, 0.15) is 31.2 Å². The summed E-state index contributed by atoms with van der Waals surface area (Å²) in [5, 5.41) is 10.3. The van der Waals surface area contributed by atoms with Gasteiger partial charge in [0.25, 0.3) is 0 Å². The van der Waals surface area contributed by atoms with Gasteiger partial charge in [0.05, 0.1) is 0 Å². The molecule has 2 heteroatoms. The lowest BCUT2D eigenvalue weighted by molar-refractivity contribution is 0.358. The molecule has 0 unspecified atom stereocenters. The second-order valence-electron chi connectivity index (χ2n) is 4.72. The molecule has 2 N–H and O–H groups in total. The van der Waals surface area contributed by atoms with Crippen LogP contribution in [0.2, 0.25) is 0 Å². The first-order valence-corrected chi connectivity index (χ1v) is 6.45. The van der Waals surface area contributed by atoms with Crippen LogP contribution >= 0.6 is 0 Å². The van der Waals surface area contributed by atoms with Crippen molar-refractivity contribution in [2.24, 2.45) is 5.92 Å². The van der Waals surface area contributed by atoms with Crippen molar-refractivity contribution in [3.63, 3.8) is 0 Å². The lowest BCUT2D eigenvalue weighted by Gasteiger charge is -2.25. The molecule has 1 aliphatic rings. The molecule has 0 saturated heterocycles. The molecular weight excluding hydrogens is 208 g/mol. The normalized spacial score (nSPS) is 23.4. The predicted octanol–water partition coefficient (Wildman–Crippen LogP) is 3.41. The second kappa shape index (κ2) is 8.02. The minimum absolute atomic E-state index is 0.574.